The maximum absolute atomic E-state index is 5.60. The van der Waals surface area contributed by atoms with Crippen LogP contribution in [-0.4, -0.2) is 14.4 Å². The highest BCUT2D eigenvalue weighted by molar-refractivity contribution is 6.37. The van der Waals surface area contributed by atoms with Crippen molar-refractivity contribution in [1.29, 1.82) is 0 Å². The first-order valence-electron chi connectivity index (χ1n) is 21.2. The molecule has 0 spiro atoms. The van der Waals surface area contributed by atoms with Crippen molar-refractivity contribution in [3.8, 4) is 11.1 Å². The third-order valence-corrected chi connectivity index (χ3v) is 14.9. The van der Waals surface area contributed by atoms with E-state index in [0.29, 0.717) is 0 Å². The van der Waals surface area contributed by atoms with Crippen LogP contribution >= 0.6 is 0 Å². The average Bonchev–Trinajstić information content (AvgIpc) is 3.58. The summed E-state index contributed by atoms with van der Waals surface area (Å²) in [6.45, 7) is 0. The third-order valence-electron chi connectivity index (χ3n) is 14.9. The highest BCUT2D eigenvalue weighted by Gasteiger charge is 2.44. The van der Waals surface area contributed by atoms with Gasteiger partial charge in [-0.15, -0.1) is 0 Å². The largest absolute Gasteiger partial charge is 0.305 e. The molecule has 4 unspecified atom stereocenters. The molecule has 3 heteroatoms. The Bertz CT molecular complexity index is 3630. The van der Waals surface area contributed by atoms with Crippen LogP contribution in [0.4, 0.5) is 0 Å². The summed E-state index contributed by atoms with van der Waals surface area (Å²) >= 11 is 0. The summed E-state index contributed by atoms with van der Waals surface area (Å²) in [5.41, 5.74) is 22.8. The average molecular weight is 750 g/mol. The predicted molar refractivity (Wildman–Crippen MR) is 238 cm³/mol. The van der Waals surface area contributed by atoms with Gasteiger partial charge in [-0.3, -0.25) is 9.97 Å². The fourth-order valence-electron chi connectivity index (χ4n) is 12.8. The Morgan fingerprint density at radius 3 is 1.44 bits per heavy atom. The van der Waals surface area contributed by atoms with Crippen LogP contribution in [0.25, 0.3) is 60.0 Å². The number of pyridine rings is 2. The second kappa shape index (κ2) is 10.9. The molecule has 0 saturated carbocycles. The Hall–Kier alpha value is -7.10. The van der Waals surface area contributed by atoms with Gasteiger partial charge in [-0.1, -0.05) is 152 Å². The van der Waals surface area contributed by atoms with E-state index in [9.17, 15) is 0 Å². The fraction of sp³-hybridized carbons (Fsp3) is 0.107. The lowest BCUT2D eigenvalue weighted by molar-refractivity contribution is 0.745. The molecule has 6 aliphatic rings. The maximum atomic E-state index is 5.60. The number of aromatic nitrogens is 3. The Morgan fingerprint density at radius 1 is 0.407 bits per heavy atom. The summed E-state index contributed by atoms with van der Waals surface area (Å²) in [5.74, 6) is 0.557. The van der Waals surface area contributed by atoms with Crippen molar-refractivity contribution in [1.82, 2.24) is 14.4 Å². The molecule has 17 rings (SSSR count). The van der Waals surface area contributed by atoms with Gasteiger partial charge in [-0.05, 0) is 90.4 Å². The second-order valence-electron chi connectivity index (χ2n) is 17.4. The summed E-state index contributed by atoms with van der Waals surface area (Å²) in [5, 5.41) is 7.97. The summed E-state index contributed by atoms with van der Waals surface area (Å²) in [6.07, 6.45) is 6.36. The molecular formula is C56H35N3. The van der Waals surface area contributed by atoms with E-state index in [1.54, 1.807) is 0 Å². The zero-order valence-electron chi connectivity index (χ0n) is 32.2. The van der Waals surface area contributed by atoms with Gasteiger partial charge in [-0.25, -0.2) is 0 Å². The first kappa shape index (κ1) is 31.0. The van der Waals surface area contributed by atoms with Gasteiger partial charge in [0.2, 0.25) is 0 Å². The normalized spacial score (nSPS) is 19.4. The molecule has 3 nitrogen and oxygen atoms in total. The molecule has 6 aliphatic carbocycles. The van der Waals surface area contributed by atoms with E-state index in [-0.39, 0.29) is 23.7 Å². The molecule has 4 heterocycles. The Kier molecular flexibility index (Phi) is 5.71. The van der Waals surface area contributed by atoms with Crippen LogP contribution < -0.4 is 0 Å². The monoisotopic (exact) mass is 749 g/mol. The summed E-state index contributed by atoms with van der Waals surface area (Å²) in [4.78, 5) is 11.2. The SMILES string of the molecule is c1ccc(-c2c3ccccc3c3c4c5c(ncc4n4c6cnc7c(c6c2c34)C2c3ccccc3CC7c3ccccc32)C2Cc3ccccc3C5c3ccccc32)cc1. The van der Waals surface area contributed by atoms with E-state index in [1.165, 1.54) is 127 Å². The molecule has 4 bridgehead atoms. The summed E-state index contributed by atoms with van der Waals surface area (Å²) in [7, 11) is 0. The van der Waals surface area contributed by atoms with E-state index >= 15 is 0 Å². The van der Waals surface area contributed by atoms with Crippen LogP contribution in [0.2, 0.25) is 0 Å². The minimum Gasteiger partial charge on any atom is -0.305 e. The molecule has 0 fully saturated rings. The van der Waals surface area contributed by atoms with Crippen LogP contribution in [0.1, 0.15) is 90.7 Å². The second-order valence-corrected chi connectivity index (χ2v) is 17.4. The van der Waals surface area contributed by atoms with E-state index in [4.69, 9.17) is 9.97 Å². The topological polar surface area (TPSA) is 30.2 Å². The van der Waals surface area contributed by atoms with E-state index in [1.807, 2.05) is 0 Å². The van der Waals surface area contributed by atoms with E-state index < -0.39 is 0 Å². The summed E-state index contributed by atoms with van der Waals surface area (Å²) < 4.78 is 2.58. The predicted octanol–water partition coefficient (Wildman–Crippen LogP) is 12.8. The zero-order chi connectivity index (χ0) is 38.1. The lowest BCUT2D eigenvalue weighted by atomic mass is 9.72. The van der Waals surface area contributed by atoms with Gasteiger partial charge in [0.25, 0.3) is 0 Å². The van der Waals surface area contributed by atoms with Crippen molar-refractivity contribution >= 4 is 48.9 Å². The van der Waals surface area contributed by atoms with Crippen LogP contribution in [0.3, 0.4) is 0 Å². The highest BCUT2D eigenvalue weighted by Crippen LogP contribution is 2.59. The van der Waals surface area contributed by atoms with Crippen molar-refractivity contribution in [2.45, 2.75) is 36.5 Å². The standard InChI is InChI=1S/C56H35N3/c1-2-14-30(15-3-1)45-39-24-12-13-25-40(39)48-49-43(28-57-54-41-26-31-16-4-6-18-33(31)46(51(49)54)37-22-10-8-20-35(37)41)59-44-29-58-55-42-27-32-17-5-7-19-34(32)47(38-23-11-9-21-36(38)42)52(55)50(44)53(45)56(48)59/h1-25,28-29,41-42,46-47H,26-27H2. The maximum Gasteiger partial charge on any atom is 0.0729 e. The lowest BCUT2D eigenvalue weighted by Crippen LogP contribution is -2.19. The molecule has 0 radical (unpaired) electrons. The van der Waals surface area contributed by atoms with E-state index in [2.05, 4.69) is 168 Å². The number of rotatable bonds is 1. The molecule has 11 aromatic rings. The third kappa shape index (κ3) is 3.68. The molecule has 0 saturated heterocycles. The number of benzene rings is 7. The molecule has 4 atom stereocenters. The Labute approximate surface area is 340 Å². The van der Waals surface area contributed by atoms with E-state index in [0.717, 1.165) is 12.8 Å². The van der Waals surface area contributed by atoms with Crippen molar-refractivity contribution < 1.29 is 0 Å². The van der Waals surface area contributed by atoms with Crippen LogP contribution in [0.5, 0.6) is 0 Å². The van der Waals surface area contributed by atoms with Gasteiger partial charge in [0.15, 0.2) is 0 Å². The molecular weight excluding hydrogens is 715 g/mol. The van der Waals surface area contributed by atoms with Gasteiger partial charge < -0.3 is 4.40 Å². The Morgan fingerprint density at radius 2 is 0.864 bits per heavy atom. The van der Waals surface area contributed by atoms with Gasteiger partial charge in [0.05, 0.1) is 40.3 Å². The first-order chi connectivity index (χ1) is 29.3. The minimum atomic E-state index is 0.0812. The highest BCUT2D eigenvalue weighted by atomic mass is 14.9. The van der Waals surface area contributed by atoms with Crippen LogP contribution in [0, 0.1) is 0 Å². The molecule has 59 heavy (non-hydrogen) atoms. The zero-order valence-corrected chi connectivity index (χ0v) is 32.2. The van der Waals surface area contributed by atoms with Crippen LogP contribution in [0.15, 0.2) is 164 Å². The van der Waals surface area contributed by atoms with Gasteiger partial charge in [-0.2, -0.15) is 0 Å². The van der Waals surface area contributed by atoms with Gasteiger partial charge in [0.1, 0.15) is 0 Å². The number of hydrogen-bond donors (Lipinski definition) is 0. The fourth-order valence-corrected chi connectivity index (χ4v) is 12.8. The molecule has 274 valence electrons. The van der Waals surface area contributed by atoms with Crippen molar-refractivity contribution in [2.75, 3.05) is 0 Å². The van der Waals surface area contributed by atoms with Gasteiger partial charge >= 0.3 is 0 Å². The number of hydrogen-bond acceptors (Lipinski definition) is 2. The van der Waals surface area contributed by atoms with Crippen LogP contribution in [-0.2, 0) is 12.8 Å². The molecule has 4 aromatic heterocycles. The van der Waals surface area contributed by atoms with Crippen molar-refractivity contribution in [3.05, 3.63) is 231 Å². The first-order valence-corrected chi connectivity index (χ1v) is 21.2. The molecule has 7 aromatic carbocycles. The molecule has 0 N–H and O–H groups in total. The Balaban J connectivity index is 1.19. The lowest BCUT2D eigenvalue weighted by Gasteiger charge is -2.31. The van der Waals surface area contributed by atoms with Crippen molar-refractivity contribution in [2.24, 2.45) is 0 Å². The smallest absolute Gasteiger partial charge is 0.0729 e. The molecule has 0 aliphatic heterocycles. The number of fused-ring (bicyclic) bond motifs is 8. The quantitative estimate of drug-likeness (QED) is 0.167. The number of nitrogens with zero attached hydrogens (tertiary/aromatic N) is 3. The minimum absolute atomic E-state index is 0.0812. The van der Waals surface area contributed by atoms with Crippen molar-refractivity contribution in [3.63, 3.8) is 0 Å². The summed E-state index contributed by atoms with van der Waals surface area (Å²) in [6, 6.07) is 57.2. The molecule has 0 amide bonds. The van der Waals surface area contributed by atoms with Gasteiger partial charge in [0, 0.05) is 45.2 Å².